The van der Waals surface area contributed by atoms with Crippen LogP contribution < -0.4 is 9.47 Å². The molecule has 0 bridgehead atoms. The maximum absolute atomic E-state index is 11.9. The largest absolute Gasteiger partial charge is 0.504 e. The summed E-state index contributed by atoms with van der Waals surface area (Å²) in [5.41, 5.74) is 0.299. The fourth-order valence-corrected chi connectivity index (χ4v) is 1.64. The number of carboxylic acid groups (broad SMARTS) is 1. The fourth-order valence-electron chi connectivity index (χ4n) is 1.64. The van der Waals surface area contributed by atoms with Crippen molar-refractivity contribution >= 4 is 11.9 Å². The summed E-state index contributed by atoms with van der Waals surface area (Å²) in [5.74, 6) is -1.41. The third kappa shape index (κ3) is 3.30. The lowest BCUT2D eigenvalue weighted by Crippen LogP contribution is -2.08. The third-order valence-electron chi connectivity index (χ3n) is 2.73. The lowest BCUT2D eigenvalue weighted by molar-refractivity contribution is 0.0696. The molecule has 2 aromatic carbocycles. The van der Waals surface area contributed by atoms with Crippen LogP contribution in [0.2, 0.25) is 0 Å². The zero-order chi connectivity index (χ0) is 15.4. The minimum Gasteiger partial charge on any atom is -0.504 e. The molecule has 0 aliphatic heterocycles. The van der Waals surface area contributed by atoms with Crippen LogP contribution in [-0.2, 0) is 0 Å². The number of carbonyl (C=O) groups is 2. The van der Waals surface area contributed by atoms with E-state index in [0.29, 0.717) is 0 Å². The van der Waals surface area contributed by atoms with Crippen LogP contribution in [0.1, 0.15) is 20.7 Å². The number of hydrogen-bond acceptors (Lipinski definition) is 5. The molecule has 0 radical (unpaired) electrons. The van der Waals surface area contributed by atoms with Gasteiger partial charge in [-0.2, -0.15) is 0 Å². The molecule has 0 aliphatic carbocycles. The van der Waals surface area contributed by atoms with E-state index in [1.54, 1.807) is 0 Å². The average molecular weight is 288 g/mol. The highest BCUT2D eigenvalue weighted by molar-refractivity contribution is 5.92. The van der Waals surface area contributed by atoms with Gasteiger partial charge in [0.1, 0.15) is 5.75 Å². The molecule has 0 spiro atoms. The van der Waals surface area contributed by atoms with E-state index in [9.17, 15) is 14.7 Å². The summed E-state index contributed by atoms with van der Waals surface area (Å²) in [6.45, 7) is 0. The summed E-state index contributed by atoms with van der Waals surface area (Å²) in [7, 11) is 1.37. The fraction of sp³-hybridized carbons (Fsp3) is 0.0667. The quantitative estimate of drug-likeness (QED) is 0.662. The predicted octanol–water partition coefficient (Wildman–Crippen LogP) is 2.32. The first-order chi connectivity index (χ1) is 10.0. The number of aromatic hydroxyl groups is 1. The smallest absolute Gasteiger partial charge is 0.343 e. The standard InChI is InChI=1S/C15H12O6/c1-20-13-8-10(4-7-12(13)16)15(19)21-11-5-2-9(3-6-11)14(17)18/h2-8,16H,1H3,(H,17,18). The van der Waals surface area contributed by atoms with E-state index in [2.05, 4.69) is 0 Å². The van der Waals surface area contributed by atoms with Gasteiger partial charge in [-0.25, -0.2) is 9.59 Å². The van der Waals surface area contributed by atoms with E-state index in [-0.39, 0.29) is 28.4 Å². The molecule has 0 unspecified atom stereocenters. The van der Waals surface area contributed by atoms with Gasteiger partial charge in [-0.05, 0) is 42.5 Å². The Morgan fingerprint density at radius 1 is 1.00 bits per heavy atom. The van der Waals surface area contributed by atoms with Gasteiger partial charge in [0.2, 0.25) is 0 Å². The van der Waals surface area contributed by atoms with Gasteiger partial charge < -0.3 is 19.7 Å². The van der Waals surface area contributed by atoms with Crippen LogP contribution in [-0.4, -0.2) is 29.3 Å². The van der Waals surface area contributed by atoms with E-state index in [1.807, 2.05) is 0 Å². The van der Waals surface area contributed by atoms with E-state index < -0.39 is 11.9 Å². The van der Waals surface area contributed by atoms with Crippen LogP contribution in [0.15, 0.2) is 42.5 Å². The average Bonchev–Trinajstić information content (AvgIpc) is 2.48. The van der Waals surface area contributed by atoms with Crippen molar-refractivity contribution in [2.75, 3.05) is 7.11 Å². The zero-order valence-corrected chi connectivity index (χ0v) is 11.1. The number of carbonyl (C=O) groups excluding carboxylic acids is 1. The molecule has 0 saturated carbocycles. The van der Waals surface area contributed by atoms with Crippen molar-refractivity contribution in [1.82, 2.24) is 0 Å². The first-order valence-electron chi connectivity index (χ1n) is 5.94. The van der Waals surface area contributed by atoms with Crippen LogP contribution in [0.4, 0.5) is 0 Å². The minimum atomic E-state index is -1.06. The van der Waals surface area contributed by atoms with E-state index in [1.165, 1.54) is 49.6 Å². The Hall–Kier alpha value is -3.02. The van der Waals surface area contributed by atoms with Gasteiger partial charge in [-0.3, -0.25) is 0 Å². The van der Waals surface area contributed by atoms with Gasteiger partial charge in [0.05, 0.1) is 18.2 Å². The molecule has 108 valence electrons. The maximum Gasteiger partial charge on any atom is 0.343 e. The van der Waals surface area contributed by atoms with Gasteiger partial charge >= 0.3 is 11.9 Å². The second kappa shape index (κ2) is 5.96. The molecule has 0 saturated heterocycles. The number of phenols is 1. The van der Waals surface area contributed by atoms with Crippen molar-refractivity contribution < 1.29 is 29.3 Å². The molecule has 0 amide bonds. The predicted molar refractivity (Wildman–Crippen MR) is 73.0 cm³/mol. The second-order valence-electron chi connectivity index (χ2n) is 4.11. The molecule has 2 rings (SSSR count). The Morgan fingerprint density at radius 3 is 2.19 bits per heavy atom. The summed E-state index contributed by atoms with van der Waals surface area (Å²) >= 11 is 0. The SMILES string of the molecule is COc1cc(C(=O)Oc2ccc(C(=O)O)cc2)ccc1O. The lowest BCUT2D eigenvalue weighted by atomic mass is 10.2. The number of carboxylic acids is 1. The molecule has 21 heavy (non-hydrogen) atoms. The van der Waals surface area contributed by atoms with Gasteiger partial charge in [-0.15, -0.1) is 0 Å². The van der Waals surface area contributed by atoms with Gasteiger partial charge in [0.15, 0.2) is 11.5 Å². The summed E-state index contributed by atoms with van der Waals surface area (Å²) in [6.07, 6.45) is 0. The Balaban J connectivity index is 2.15. The summed E-state index contributed by atoms with van der Waals surface area (Å²) < 4.78 is 10.0. The van der Waals surface area contributed by atoms with Gasteiger partial charge in [-0.1, -0.05) is 0 Å². The van der Waals surface area contributed by atoms with Crippen molar-refractivity contribution in [3.63, 3.8) is 0 Å². The van der Waals surface area contributed by atoms with Crippen LogP contribution in [0.25, 0.3) is 0 Å². The monoisotopic (exact) mass is 288 g/mol. The van der Waals surface area contributed by atoms with Crippen LogP contribution in [0, 0.1) is 0 Å². The molecule has 0 fully saturated rings. The number of rotatable bonds is 4. The van der Waals surface area contributed by atoms with Crippen LogP contribution in [0.3, 0.4) is 0 Å². The number of esters is 1. The zero-order valence-electron chi connectivity index (χ0n) is 11.1. The Labute approximate surface area is 120 Å². The summed E-state index contributed by atoms with van der Waals surface area (Å²) in [5, 5.41) is 18.2. The van der Waals surface area contributed by atoms with Gasteiger partial charge in [0, 0.05) is 0 Å². The van der Waals surface area contributed by atoms with Crippen molar-refractivity contribution in [1.29, 1.82) is 0 Å². The molecular formula is C15H12O6. The Morgan fingerprint density at radius 2 is 1.62 bits per heavy atom. The Kier molecular flexibility index (Phi) is 4.08. The summed E-state index contributed by atoms with van der Waals surface area (Å²) in [6, 6.07) is 9.51. The highest BCUT2D eigenvalue weighted by atomic mass is 16.5. The number of ether oxygens (including phenoxy) is 2. The Bertz CT molecular complexity index is 675. The molecule has 6 heteroatoms. The van der Waals surface area contributed by atoms with Crippen molar-refractivity contribution in [2.24, 2.45) is 0 Å². The first-order valence-corrected chi connectivity index (χ1v) is 5.94. The van der Waals surface area contributed by atoms with Crippen LogP contribution in [0.5, 0.6) is 17.2 Å². The van der Waals surface area contributed by atoms with E-state index in [4.69, 9.17) is 14.6 Å². The lowest BCUT2D eigenvalue weighted by Gasteiger charge is -2.07. The van der Waals surface area contributed by atoms with Crippen molar-refractivity contribution in [3.05, 3.63) is 53.6 Å². The summed E-state index contributed by atoms with van der Waals surface area (Å²) in [4.78, 5) is 22.6. The third-order valence-corrected chi connectivity index (χ3v) is 2.73. The maximum atomic E-state index is 11.9. The molecule has 0 heterocycles. The molecular weight excluding hydrogens is 276 g/mol. The number of methoxy groups -OCH3 is 1. The minimum absolute atomic E-state index is 0.0835. The number of benzene rings is 2. The number of phenolic OH excluding ortho intramolecular Hbond substituents is 1. The molecule has 2 N–H and O–H groups in total. The molecule has 0 aromatic heterocycles. The number of hydrogen-bond donors (Lipinski definition) is 2. The highest BCUT2D eigenvalue weighted by Gasteiger charge is 2.12. The molecule has 0 aliphatic rings. The molecule has 0 atom stereocenters. The number of aromatic carboxylic acids is 1. The normalized spacial score (nSPS) is 9.95. The van der Waals surface area contributed by atoms with Crippen molar-refractivity contribution in [2.45, 2.75) is 0 Å². The second-order valence-corrected chi connectivity index (χ2v) is 4.11. The molecule has 2 aromatic rings. The van der Waals surface area contributed by atoms with Gasteiger partial charge in [0.25, 0.3) is 0 Å². The van der Waals surface area contributed by atoms with Crippen LogP contribution >= 0.6 is 0 Å². The molecule has 6 nitrogen and oxygen atoms in total. The van der Waals surface area contributed by atoms with E-state index >= 15 is 0 Å². The van der Waals surface area contributed by atoms with Crippen molar-refractivity contribution in [3.8, 4) is 17.2 Å². The van der Waals surface area contributed by atoms with E-state index in [0.717, 1.165) is 0 Å². The highest BCUT2D eigenvalue weighted by Crippen LogP contribution is 2.26. The first kappa shape index (κ1) is 14.4. The topological polar surface area (TPSA) is 93.1 Å².